The lowest BCUT2D eigenvalue weighted by atomic mass is 9.89. The Bertz CT molecular complexity index is 2090. The minimum Gasteiger partial charge on any atom is -0.481 e. The van der Waals surface area contributed by atoms with E-state index in [0.29, 0.717) is 41.0 Å². The first-order valence-electron chi connectivity index (χ1n) is 14.4. The van der Waals surface area contributed by atoms with Gasteiger partial charge in [-0.05, 0) is 66.6 Å². The van der Waals surface area contributed by atoms with E-state index in [4.69, 9.17) is 4.98 Å². The highest BCUT2D eigenvalue weighted by Gasteiger charge is 2.41. The first kappa shape index (κ1) is 31.2. The minimum atomic E-state index is -4.74. The summed E-state index contributed by atoms with van der Waals surface area (Å²) >= 11 is 0. The number of sulfonamides is 1. The fourth-order valence-electron chi connectivity index (χ4n) is 6.10. The van der Waals surface area contributed by atoms with Crippen molar-refractivity contribution in [3.63, 3.8) is 0 Å². The number of aromatic nitrogens is 5. The maximum atomic E-state index is 14.1. The summed E-state index contributed by atoms with van der Waals surface area (Å²) in [6.07, 6.45) is -0.253. The number of fused-ring (bicyclic) bond motifs is 3. The highest BCUT2D eigenvalue weighted by Crippen LogP contribution is 2.35. The van der Waals surface area contributed by atoms with Gasteiger partial charge in [0.1, 0.15) is 6.07 Å². The fraction of sp³-hybridized carbons (Fsp3) is 0.367. The van der Waals surface area contributed by atoms with Gasteiger partial charge in [0.05, 0.1) is 43.0 Å². The molecule has 2 aliphatic rings. The molecule has 4 aromatic rings. The van der Waals surface area contributed by atoms with Crippen LogP contribution in [0.2, 0.25) is 0 Å². The Hall–Kier alpha value is -4.75. The standard InChI is InChI=1S/C30H27F3N8O4S/c1-17-6-7-23(22(12-26(42)43)21-8-10-41-27(18(21)2)37-38-29(41)30(31,32)33)36-24(17)16-39-15-20-5-3-4-9-40(20)28-25(46(39,44)45)11-19(13-34)14-35-28/h6-8,10-11,14,22H,3-5,9,12,15-16H2,1-2H3/p+1. The molecule has 2 aliphatic heterocycles. The topological polar surface area (TPSA) is 157 Å². The molecule has 46 heavy (non-hydrogen) atoms. The number of hydrogen-bond acceptors (Lipinski definition) is 8. The molecule has 6 heterocycles. The van der Waals surface area contributed by atoms with Crippen molar-refractivity contribution in [3.8, 4) is 6.07 Å². The molecule has 0 radical (unpaired) electrons. The zero-order valence-corrected chi connectivity index (χ0v) is 25.6. The molecule has 0 aromatic carbocycles. The Labute approximate surface area is 261 Å². The van der Waals surface area contributed by atoms with Gasteiger partial charge in [-0.25, -0.2) is 13.0 Å². The van der Waals surface area contributed by atoms with E-state index in [-0.39, 0.29) is 35.0 Å². The molecule has 0 amide bonds. The lowest BCUT2D eigenvalue weighted by molar-refractivity contribution is -0.454. The fourth-order valence-corrected chi connectivity index (χ4v) is 7.66. The van der Waals surface area contributed by atoms with Crippen molar-refractivity contribution in [1.82, 2.24) is 28.9 Å². The summed E-state index contributed by atoms with van der Waals surface area (Å²) in [4.78, 5) is 21.1. The third kappa shape index (κ3) is 5.49. The van der Waals surface area contributed by atoms with Gasteiger partial charge in [0.2, 0.25) is 5.82 Å². The van der Waals surface area contributed by atoms with Crippen LogP contribution in [0.3, 0.4) is 0 Å². The molecule has 12 nitrogen and oxygen atoms in total. The number of carboxylic acids is 1. The molecule has 6 rings (SSSR count). The molecular weight excluding hydrogens is 625 g/mol. The molecule has 4 aromatic heterocycles. The third-order valence-corrected chi connectivity index (χ3v) is 10.2. The van der Waals surface area contributed by atoms with Crippen molar-refractivity contribution in [3.05, 3.63) is 76.1 Å². The number of aliphatic carboxylic acids is 1. The van der Waals surface area contributed by atoms with Crippen LogP contribution in [0, 0.1) is 25.2 Å². The zero-order chi connectivity index (χ0) is 33.0. The van der Waals surface area contributed by atoms with Gasteiger partial charge in [-0.3, -0.25) is 14.2 Å². The van der Waals surface area contributed by atoms with Crippen molar-refractivity contribution >= 4 is 33.2 Å². The van der Waals surface area contributed by atoms with Crippen LogP contribution in [0.4, 0.5) is 19.0 Å². The second-order valence-corrected chi connectivity index (χ2v) is 13.3. The van der Waals surface area contributed by atoms with Crippen LogP contribution in [0.15, 0.2) is 41.6 Å². The van der Waals surface area contributed by atoms with Gasteiger partial charge in [-0.1, -0.05) is 6.07 Å². The second-order valence-electron chi connectivity index (χ2n) is 11.4. The largest absolute Gasteiger partial charge is 0.481 e. The molecule has 0 fully saturated rings. The van der Waals surface area contributed by atoms with E-state index in [2.05, 4.69) is 15.2 Å². The van der Waals surface area contributed by atoms with Crippen molar-refractivity contribution in [2.75, 3.05) is 13.1 Å². The van der Waals surface area contributed by atoms with E-state index in [9.17, 15) is 36.8 Å². The van der Waals surface area contributed by atoms with Crippen LogP contribution in [0.1, 0.15) is 71.1 Å². The van der Waals surface area contributed by atoms with Gasteiger partial charge >= 0.3 is 18.0 Å². The number of rotatable bonds is 6. The first-order valence-corrected chi connectivity index (χ1v) is 15.9. The molecule has 0 aliphatic carbocycles. The van der Waals surface area contributed by atoms with E-state index < -0.39 is 40.3 Å². The SMILES string of the molecule is Cc1ccc(C(CC(=O)O)c2ccn3c(C(F)(F)F)nnc3c2C)nc1CN1CC2=[N+](CCCC2)c2ncc(C#N)cc2S1(=O)=O. The highest BCUT2D eigenvalue weighted by molar-refractivity contribution is 7.89. The van der Waals surface area contributed by atoms with Gasteiger partial charge in [-0.15, -0.1) is 10.2 Å². The third-order valence-electron chi connectivity index (χ3n) is 8.45. The quantitative estimate of drug-likeness (QED) is 0.303. The summed E-state index contributed by atoms with van der Waals surface area (Å²) in [5.41, 5.74) is 2.97. The molecule has 16 heteroatoms. The van der Waals surface area contributed by atoms with Crippen molar-refractivity contribution in [1.29, 1.82) is 5.26 Å². The average Bonchev–Trinajstić information content (AvgIpc) is 3.44. The van der Waals surface area contributed by atoms with Crippen molar-refractivity contribution < 1.29 is 36.1 Å². The maximum Gasteiger partial charge on any atom is 0.452 e. The Kier molecular flexibility index (Phi) is 7.85. The number of aryl methyl sites for hydroxylation is 2. The monoisotopic (exact) mass is 653 g/mol. The van der Waals surface area contributed by atoms with E-state index >= 15 is 0 Å². The lowest BCUT2D eigenvalue weighted by Gasteiger charge is -2.23. The number of alkyl halides is 3. The number of pyridine rings is 3. The number of nitriles is 1. The molecule has 0 spiro atoms. The summed E-state index contributed by atoms with van der Waals surface area (Å²) < 4.78 is 72.6. The molecule has 0 bridgehead atoms. The number of halogens is 3. The van der Waals surface area contributed by atoms with Crippen LogP contribution in [0.5, 0.6) is 0 Å². The molecule has 1 atom stereocenters. The van der Waals surface area contributed by atoms with Crippen molar-refractivity contribution in [2.45, 2.75) is 63.1 Å². The second kappa shape index (κ2) is 11.6. The molecule has 1 N–H and O–H groups in total. The van der Waals surface area contributed by atoms with E-state index in [0.717, 1.165) is 29.2 Å². The predicted molar refractivity (Wildman–Crippen MR) is 156 cm³/mol. The maximum absolute atomic E-state index is 14.1. The number of carbonyl (C=O) groups is 1. The smallest absolute Gasteiger partial charge is 0.452 e. The van der Waals surface area contributed by atoms with Crippen LogP contribution in [-0.4, -0.2) is 71.7 Å². The minimum absolute atomic E-state index is 0.0683. The summed E-state index contributed by atoms with van der Waals surface area (Å²) in [5.74, 6) is -2.97. The summed E-state index contributed by atoms with van der Waals surface area (Å²) in [5, 5.41) is 26.3. The van der Waals surface area contributed by atoms with Crippen LogP contribution < -0.4 is 0 Å². The number of hydrogen-bond donors (Lipinski definition) is 1. The van der Waals surface area contributed by atoms with Gasteiger partial charge in [-0.2, -0.15) is 22.7 Å². The van der Waals surface area contributed by atoms with Gasteiger partial charge in [0, 0.05) is 24.2 Å². The average molecular weight is 654 g/mol. The van der Waals surface area contributed by atoms with Crippen molar-refractivity contribution in [2.24, 2.45) is 0 Å². The molecule has 0 saturated carbocycles. The van der Waals surface area contributed by atoms with Gasteiger partial charge in [0.25, 0.3) is 10.0 Å². The lowest BCUT2D eigenvalue weighted by Crippen LogP contribution is -2.36. The van der Waals surface area contributed by atoms with Crippen LogP contribution >= 0.6 is 0 Å². The van der Waals surface area contributed by atoms with E-state index in [1.54, 1.807) is 26.0 Å². The zero-order valence-electron chi connectivity index (χ0n) is 24.8. The Balaban J connectivity index is 1.43. The van der Waals surface area contributed by atoms with Crippen LogP contribution in [0.25, 0.3) is 5.65 Å². The summed E-state index contributed by atoms with van der Waals surface area (Å²) in [6.45, 7) is 3.83. The molecule has 1 unspecified atom stereocenters. The Morgan fingerprint density at radius 3 is 2.70 bits per heavy atom. The predicted octanol–water partition coefficient (Wildman–Crippen LogP) is 4.11. The molecule has 0 saturated heterocycles. The van der Waals surface area contributed by atoms with E-state index in [1.165, 1.54) is 22.6 Å². The summed E-state index contributed by atoms with van der Waals surface area (Å²) in [7, 11) is -4.16. The normalized spacial score (nSPS) is 17.2. The Morgan fingerprint density at radius 1 is 1.20 bits per heavy atom. The first-order chi connectivity index (χ1) is 21.8. The van der Waals surface area contributed by atoms with Crippen LogP contribution in [-0.2, 0) is 27.5 Å². The van der Waals surface area contributed by atoms with Gasteiger partial charge < -0.3 is 5.11 Å². The number of nitrogens with zero attached hydrogens (tertiary/aromatic N) is 8. The van der Waals surface area contributed by atoms with Gasteiger partial charge in [0.15, 0.2) is 16.7 Å². The number of carboxylic acid groups (broad SMARTS) is 1. The molecular formula is C30H28F3N8O4S+. The highest BCUT2D eigenvalue weighted by atomic mass is 32.2. The Morgan fingerprint density at radius 2 is 1.98 bits per heavy atom. The van der Waals surface area contributed by atoms with E-state index in [1.807, 2.05) is 10.6 Å². The molecule has 238 valence electrons. The summed E-state index contributed by atoms with van der Waals surface area (Å²) in [6, 6.07) is 8.04.